The number of hydrogen-bond acceptors (Lipinski definition) is 4. The second-order valence-electron chi connectivity index (χ2n) is 5.49. The smallest absolute Gasteiger partial charge is 0.191 e. The number of guanidine groups is 1. The maximum absolute atomic E-state index is 9.95. The second kappa shape index (κ2) is 11.2. The van der Waals surface area contributed by atoms with Crippen LogP contribution in [0.1, 0.15) is 30.2 Å². The van der Waals surface area contributed by atoms with Crippen LogP contribution in [0.3, 0.4) is 0 Å². The van der Waals surface area contributed by atoms with E-state index in [1.165, 1.54) is 4.88 Å². The summed E-state index contributed by atoms with van der Waals surface area (Å²) in [4.78, 5) is 5.91. The number of halogens is 1. The van der Waals surface area contributed by atoms with Crippen LogP contribution < -0.4 is 15.4 Å². The molecule has 7 heteroatoms. The summed E-state index contributed by atoms with van der Waals surface area (Å²) in [7, 11) is 1.61. The molecule has 5 nitrogen and oxygen atoms in total. The lowest BCUT2D eigenvalue weighted by molar-refractivity contribution is 0.411. The van der Waals surface area contributed by atoms with Crippen molar-refractivity contribution in [1.82, 2.24) is 10.6 Å². The summed E-state index contributed by atoms with van der Waals surface area (Å²) >= 11 is 1.77. The predicted molar refractivity (Wildman–Crippen MR) is 116 cm³/mol. The average Bonchev–Trinajstić information content (AvgIpc) is 3.13. The Morgan fingerprint density at radius 1 is 1.32 bits per heavy atom. The Labute approximate surface area is 170 Å². The van der Waals surface area contributed by atoms with Gasteiger partial charge in [0.05, 0.1) is 13.7 Å². The van der Waals surface area contributed by atoms with Gasteiger partial charge in [-0.1, -0.05) is 13.0 Å². The van der Waals surface area contributed by atoms with Gasteiger partial charge in [-0.3, -0.25) is 0 Å². The van der Waals surface area contributed by atoms with Gasteiger partial charge in [-0.25, -0.2) is 4.99 Å². The zero-order chi connectivity index (χ0) is 17.4. The molecule has 2 aromatic rings. The van der Waals surface area contributed by atoms with Crippen molar-refractivity contribution >= 4 is 41.3 Å². The van der Waals surface area contributed by atoms with Crippen molar-refractivity contribution in [3.05, 3.63) is 46.2 Å². The minimum atomic E-state index is 0. The zero-order valence-corrected chi connectivity index (χ0v) is 17.9. The first-order valence-electron chi connectivity index (χ1n) is 8.05. The van der Waals surface area contributed by atoms with Gasteiger partial charge < -0.3 is 20.5 Å². The van der Waals surface area contributed by atoms with E-state index in [-0.39, 0.29) is 29.7 Å². The van der Waals surface area contributed by atoms with E-state index in [1.807, 2.05) is 6.92 Å². The van der Waals surface area contributed by atoms with E-state index in [2.05, 4.69) is 40.1 Å². The van der Waals surface area contributed by atoms with Crippen molar-refractivity contribution < 1.29 is 9.84 Å². The van der Waals surface area contributed by atoms with E-state index in [4.69, 9.17) is 4.74 Å². The van der Waals surface area contributed by atoms with Crippen LogP contribution in [-0.2, 0) is 6.54 Å². The molecule has 0 radical (unpaired) electrons. The fourth-order valence-corrected chi connectivity index (χ4v) is 3.03. The van der Waals surface area contributed by atoms with Gasteiger partial charge in [0.25, 0.3) is 0 Å². The number of nitrogens with zero attached hydrogens (tertiary/aromatic N) is 1. The van der Waals surface area contributed by atoms with Gasteiger partial charge in [-0.2, -0.15) is 0 Å². The molecule has 138 valence electrons. The van der Waals surface area contributed by atoms with Gasteiger partial charge in [0.15, 0.2) is 5.96 Å². The molecule has 1 atom stereocenters. The first-order chi connectivity index (χ1) is 11.6. The number of aromatic hydroxyl groups is 1. The number of phenols is 1. The molecule has 1 aromatic heterocycles. The van der Waals surface area contributed by atoms with E-state index >= 15 is 0 Å². The number of rotatable bonds is 7. The van der Waals surface area contributed by atoms with Gasteiger partial charge in [0.2, 0.25) is 0 Å². The lowest BCUT2D eigenvalue weighted by Gasteiger charge is -2.15. The van der Waals surface area contributed by atoms with Crippen LogP contribution in [0.15, 0.2) is 40.7 Å². The molecule has 0 saturated carbocycles. The molecule has 0 aliphatic rings. The van der Waals surface area contributed by atoms with Crippen LogP contribution in [0.25, 0.3) is 0 Å². The van der Waals surface area contributed by atoms with E-state index in [1.54, 1.807) is 36.6 Å². The Hall–Kier alpha value is -1.48. The Bertz CT molecular complexity index is 662. The molecule has 0 fully saturated rings. The number of methoxy groups -OCH3 is 1. The molecule has 1 unspecified atom stereocenters. The largest absolute Gasteiger partial charge is 0.508 e. The zero-order valence-electron chi connectivity index (χ0n) is 14.8. The summed E-state index contributed by atoms with van der Waals surface area (Å²) in [5, 5.41) is 18.6. The molecular weight excluding hydrogens is 449 g/mol. The molecule has 0 saturated heterocycles. The van der Waals surface area contributed by atoms with Crippen molar-refractivity contribution in [2.75, 3.05) is 20.2 Å². The van der Waals surface area contributed by atoms with E-state index < -0.39 is 0 Å². The molecule has 0 aliphatic heterocycles. The number of benzene rings is 1. The van der Waals surface area contributed by atoms with Gasteiger partial charge >= 0.3 is 0 Å². The molecule has 3 N–H and O–H groups in total. The van der Waals surface area contributed by atoms with Crippen molar-refractivity contribution in [3.63, 3.8) is 0 Å². The maximum Gasteiger partial charge on any atom is 0.191 e. The van der Waals surface area contributed by atoms with Crippen LogP contribution in [0.4, 0.5) is 0 Å². The van der Waals surface area contributed by atoms with Gasteiger partial charge in [0.1, 0.15) is 11.5 Å². The molecule has 1 aromatic carbocycles. The highest BCUT2D eigenvalue weighted by atomic mass is 127. The lowest BCUT2D eigenvalue weighted by atomic mass is 10.1. The highest BCUT2D eigenvalue weighted by Crippen LogP contribution is 2.23. The van der Waals surface area contributed by atoms with Crippen LogP contribution in [0.5, 0.6) is 11.5 Å². The number of ether oxygens (including phenoxy) is 1. The fraction of sp³-hybridized carbons (Fsp3) is 0.389. The second-order valence-corrected chi connectivity index (χ2v) is 6.47. The van der Waals surface area contributed by atoms with Crippen LogP contribution >= 0.6 is 35.3 Å². The van der Waals surface area contributed by atoms with Gasteiger partial charge in [-0.05, 0) is 36.6 Å². The summed E-state index contributed by atoms with van der Waals surface area (Å²) in [6, 6.07) is 9.38. The Balaban J connectivity index is 0.00000312. The standard InChI is InChI=1S/C18H25N3O2S.HI/c1-4-19-18(20-11-13(2)17-6-5-9-24-17)21-12-14-10-15(23-3)7-8-16(14)22;/h5-10,13,22H,4,11-12H2,1-3H3,(H2,19,20,21);1H. The molecule has 0 aliphatic carbocycles. The summed E-state index contributed by atoms with van der Waals surface area (Å²) in [5.74, 6) is 2.09. The maximum atomic E-state index is 9.95. The molecule has 1 heterocycles. The normalized spacial score (nSPS) is 12.2. The SMILES string of the molecule is CCNC(=NCc1cc(OC)ccc1O)NCC(C)c1cccs1.I. The number of hydrogen-bond donors (Lipinski definition) is 3. The van der Waals surface area contributed by atoms with Crippen molar-refractivity contribution in [2.45, 2.75) is 26.3 Å². The first-order valence-corrected chi connectivity index (χ1v) is 8.93. The van der Waals surface area contributed by atoms with Crippen LogP contribution in [0, 0.1) is 0 Å². The summed E-state index contributed by atoms with van der Waals surface area (Å²) < 4.78 is 5.19. The summed E-state index contributed by atoms with van der Waals surface area (Å²) in [6.07, 6.45) is 0. The predicted octanol–water partition coefficient (Wildman–Crippen LogP) is 3.94. The third kappa shape index (κ3) is 6.74. The minimum absolute atomic E-state index is 0. The molecule has 0 bridgehead atoms. The number of aliphatic imine (C=N–C) groups is 1. The summed E-state index contributed by atoms with van der Waals surface area (Å²) in [6.45, 7) is 6.19. The number of nitrogens with one attached hydrogen (secondary N) is 2. The molecule has 0 spiro atoms. The van der Waals surface area contributed by atoms with Gasteiger partial charge in [-0.15, -0.1) is 35.3 Å². The third-order valence-electron chi connectivity index (χ3n) is 3.64. The number of thiophene rings is 1. The topological polar surface area (TPSA) is 65.9 Å². The van der Waals surface area contributed by atoms with Gasteiger partial charge in [0, 0.05) is 29.4 Å². The molecule has 25 heavy (non-hydrogen) atoms. The van der Waals surface area contributed by atoms with Crippen molar-refractivity contribution in [2.24, 2.45) is 4.99 Å². The summed E-state index contributed by atoms with van der Waals surface area (Å²) in [5.41, 5.74) is 0.734. The quantitative estimate of drug-likeness (QED) is 0.323. The molecular formula is C18H26IN3O2S. The average molecular weight is 475 g/mol. The lowest BCUT2D eigenvalue weighted by Crippen LogP contribution is -2.39. The van der Waals surface area contributed by atoms with Crippen LogP contribution in [0.2, 0.25) is 0 Å². The van der Waals surface area contributed by atoms with Crippen LogP contribution in [-0.4, -0.2) is 31.3 Å². The van der Waals surface area contributed by atoms with Crippen molar-refractivity contribution in [1.29, 1.82) is 0 Å². The highest BCUT2D eigenvalue weighted by molar-refractivity contribution is 14.0. The van der Waals surface area contributed by atoms with E-state index in [9.17, 15) is 5.11 Å². The molecule has 2 rings (SSSR count). The first kappa shape index (κ1) is 21.6. The van der Waals surface area contributed by atoms with E-state index in [0.717, 1.165) is 24.6 Å². The number of phenolic OH excluding ortho intramolecular Hbond substituents is 1. The Morgan fingerprint density at radius 2 is 2.12 bits per heavy atom. The highest BCUT2D eigenvalue weighted by Gasteiger charge is 2.08. The van der Waals surface area contributed by atoms with E-state index in [0.29, 0.717) is 18.2 Å². The third-order valence-corrected chi connectivity index (χ3v) is 4.75. The van der Waals surface area contributed by atoms with Crippen molar-refractivity contribution in [3.8, 4) is 11.5 Å². The molecule has 0 amide bonds. The monoisotopic (exact) mass is 475 g/mol. The fourth-order valence-electron chi connectivity index (χ4n) is 2.24. The minimum Gasteiger partial charge on any atom is -0.508 e. The Kier molecular flexibility index (Phi) is 9.66. The Morgan fingerprint density at radius 3 is 2.76 bits per heavy atom.